The molecule has 1 aliphatic rings. The Morgan fingerprint density at radius 1 is 1.35 bits per heavy atom. The molecule has 2 N–H and O–H groups in total. The molecule has 8 heteroatoms. The number of nitrogens with one attached hydrogen (secondary N) is 1. The van der Waals surface area contributed by atoms with E-state index in [1.54, 1.807) is 0 Å². The van der Waals surface area contributed by atoms with E-state index >= 15 is 0 Å². The van der Waals surface area contributed by atoms with Gasteiger partial charge in [0.15, 0.2) is 0 Å². The number of amides is 1. The SMILES string of the molecule is COC(=O)[C@H]1CC[C@H](O)[C@@H]1NC(=O)C(Cl)(Cl)Cl. The molecular formula is C9H12Cl3NO4. The van der Waals surface area contributed by atoms with E-state index in [1.165, 1.54) is 7.11 Å². The first-order chi connectivity index (χ1) is 7.77. The van der Waals surface area contributed by atoms with Crippen LogP contribution in [0.1, 0.15) is 12.8 Å². The molecule has 17 heavy (non-hydrogen) atoms. The van der Waals surface area contributed by atoms with Crippen LogP contribution in [0.3, 0.4) is 0 Å². The minimum atomic E-state index is -2.12. The normalized spacial score (nSPS) is 28.9. The number of ether oxygens (including phenoxy) is 1. The number of methoxy groups -OCH3 is 1. The summed E-state index contributed by atoms with van der Waals surface area (Å²) in [6.07, 6.45) is -0.0566. The highest BCUT2D eigenvalue weighted by molar-refractivity contribution is 6.76. The largest absolute Gasteiger partial charge is 0.469 e. The second-order valence-electron chi connectivity index (χ2n) is 3.77. The van der Waals surface area contributed by atoms with Crippen molar-refractivity contribution in [3.63, 3.8) is 0 Å². The first kappa shape index (κ1) is 14.8. The van der Waals surface area contributed by atoms with Crippen LogP contribution >= 0.6 is 34.8 Å². The Hall–Kier alpha value is -0.230. The quantitative estimate of drug-likeness (QED) is 0.584. The van der Waals surface area contributed by atoms with Gasteiger partial charge in [-0.15, -0.1) is 0 Å². The maximum atomic E-state index is 11.5. The van der Waals surface area contributed by atoms with Crippen molar-refractivity contribution in [3.8, 4) is 0 Å². The zero-order valence-corrected chi connectivity index (χ0v) is 11.2. The molecular weight excluding hydrogens is 292 g/mol. The summed E-state index contributed by atoms with van der Waals surface area (Å²) in [6.45, 7) is 0. The second-order valence-corrected chi connectivity index (χ2v) is 6.05. The summed E-state index contributed by atoms with van der Waals surface area (Å²) in [7, 11) is 1.24. The Morgan fingerprint density at radius 2 is 1.94 bits per heavy atom. The number of alkyl halides is 3. The highest BCUT2D eigenvalue weighted by Gasteiger charge is 2.43. The Bertz CT molecular complexity index is 318. The molecule has 0 aromatic carbocycles. The third-order valence-corrected chi connectivity index (χ3v) is 3.20. The van der Waals surface area contributed by atoms with Crippen molar-refractivity contribution < 1.29 is 19.4 Å². The molecule has 0 aromatic heterocycles. The van der Waals surface area contributed by atoms with Crippen molar-refractivity contribution in [1.82, 2.24) is 5.32 Å². The van der Waals surface area contributed by atoms with Crippen LogP contribution < -0.4 is 5.32 Å². The first-order valence-electron chi connectivity index (χ1n) is 4.91. The number of aliphatic hydroxyl groups excluding tert-OH is 1. The molecule has 3 atom stereocenters. The molecule has 1 amide bonds. The van der Waals surface area contributed by atoms with Crippen molar-refractivity contribution in [2.75, 3.05) is 7.11 Å². The fourth-order valence-corrected chi connectivity index (χ4v) is 1.99. The molecule has 0 aromatic rings. The zero-order chi connectivity index (χ0) is 13.2. The van der Waals surface area contributed by atoms with Gasteiger partial charge in [0, 0.05) is 0 Å². The number of halogens is 3. The lowest BCUT2D eigenvalue weighted by Gasteiger charge is -2.23. The Balaban J connectivity index is 2.73. The van der Waals surface area contributed by atoms with Gasteiger partial charge in [-0.25, -0.2) is 0 Å². The Kier molecular flexibility index (Phi) is 4.89. The van der Waals surface area contributed by atoms with Gasteiger partial charge in [-0.2, -0.15) is 0 Å². The van der Waals surface area contributed by atoms with Crippen LogP contribution in [0, 0.1) is 5.92 Å². The predicted octanol–water partition coefficient (Wildman–Crippen LogP) is 0.785. The number of rotatable bonds is 2. The van der Waals surface area contributed by atoms with E-state index in [-0.39, 0.29) is 0 Å². The lowest BCUT2D eigenvalue weighted by atomic mass is 10.0. The summed E-state index contributed by atoms with van der Waals surface area (Å²) < 4.78 is 2.46. The van der Waals surface area contributed by atoms with Crippen molar-refractivity contribution >= 4 is 46.7 Å². The lowest BCUT2D eigenvalue weighted by Crippen LogP contribution is -2.49. The summed E-state index contributed by atoms with van der Waals surface area (Å²) in [6, 6.07) is -0.787. The molecule has 98 valence electrons. The average Bonchev–Trinajstić information content (AvgIpc) is 2.58. The van der Waals surface area contributed by atoms with E-state index in [0.29, 0.717) is 12.8 Å². The van der Waals surface area contributed by atoms with Gasteiger partial charge < -0.3 is 15.2 Å². The van der Waals surface area contributed by atoms with Crippen LogP contribution in [-0.2, 0) is 14.3 Å². The van der Waals surface area contributed by atoms with E-state index in [9.17, 15) is 14.7 Å². The number of hydrogen-bond acceptors (Lipinski definition) is 4. The van der Waals surface area contributed by atoms with Gasteiger partial charge in [0.2, 0.25) is 0 Å². The van der Waals surface area contributed by atoms with Gasteiger partial charge in [-0.1, -0.05) is 34.8 Å². The van der Waals surface area contributed by atoms with Gasteiger partial charge in [0.05, 0.1) is 25.2 Å². The van der Waals surface area contributed by atoms with E-state index in [4.69, 9.17) is 34.8 Å². The number of carbonyl (C=O) groups is 2. The van der Waals surface area contributed by atoms with E-state index in [2.05, 4.69) is 10.1 Å². The molecule has 1 saturated carbocycles. The summed E-state index contributed by atoms with van der Waals surface area (Å²) in [4.78, 5) is 22.9. The van der Waals surface area contributed by atoms with E-state index in [0.717, 1.165) is 0 Å². The fourth-order valence-electron chi connectivity index (χ4n) is 1.82. The van der Waals surface area contributed by atoms with Crippen molar-refractivity contribution in [3.05, 3.63) is 0 Å². The van der Waals surface area contributed by atoms with E-state index in [1.807, 2.05) is 0 Å². The topological polar surface area (TPSA) is 75.6 Å². The third-order valence-electron chi connectivity index (χ3n) is 2.68. The molecule has 0 aliphatic heterocycles. The molecule has 0 unspecified atom stereocenters. The number of hydrogen-bond donors (Lipinski definition) is 2. The van der Waals surface area contributed by atoms with Crippen molar-refractivity contribution in [1.29, 1.82) is 0 Å². The van der Waals surface area contributed by atoms with E-state index < -0.39 is 33.7 Å². The summed E-state index contributed by atoms with van der Waals surface area (Å²) in [5, 5.41) is 12.0. The summed E-state index contributed by atoms with van der Waals surface area (Å²) >= 11 is 16.2. The molecule has 1 rings (SSSR count). The Morgan fingerprint density at radius 3 is 2.41 bits per heavy atom. The van der Waals surface area contributed by atoms with Gasteiger partial charge in [0.1, 0.15) is 0 Å². The molecule has 5 nitrogen and oxygen atoms in total. The van der Waals surface area contributed by atoms with Crippen LogP contribution in [0.25, 0.3) is 0 Å². The minimum Gasteiger partial charge on any atom is -0.469 e. The molecule has 1 fully saturated rings. The number of esters is 1. The highest BCUT2D eigenvalue weighted by atomic mass is 35.6. The van der Waals surface area contributed by atoms with Crippen LogP contribution in [0.2, 0.25) is 0 Å². The fraction of sp³-hybridized carbons (Fsp3) is 0.778. The molecule has 0 bridgehead atoms. The van der Waals surface area contributed by atoms with Crippen LogP contribution in [-0.4, -0.2) is 40.0 Å². The monoisotopic (exact) mass is 303 g/mol. The molecule has 0 radical (unpaired) electrons. The zero-order valence-electron chi connectivity index (χ0n) is 8.95. The average molecular weight is 305 g/mol. The van der Waals surface area contributed by atoms with Crippen LogP contribution in [0.5, 0.6) is 0 Å². The first-order valence-corrected chi connectivity index (χ1v) is 6.04. The number of aliphatic hydroxyl groups is 1. The molecule has 1 aliphatic carbocycles. The van der Waals surface area contributed by atoms with Gasteiger partial charge >= 0.3 is 5.97 Å². The summed E-state index contributed by atoms with van der Waals surface area (Å²) in [5.74, 6) is -2.00. The van der Waals surface area contributed by atoms with Gasteiger partial charge in [-0.05, 0) is 12.8 Å². The third kappa shape index (κ3) is 3.61. The van der Waals surface area contributed by atoms with Crippen molar-refractivity contribution in [2.24, 2.45) is 5.92 Å². The van der Waals surface area contributed by atoms with Gasteiger partial charge in [-0.3, -0.25) is 9.59 Å². The molecule has 0 heterocycles. The minimum absolute atomic E-state index is 0.380. The van der Waals surface area contributed by atoms with Gasteiger partial charge in [0.25, 0.3) is 9.70 Å². The molecule has 0 saturated heterocycles. The second kappa shape index (κ2) is 5.61. The standard InChI is InChI=1S/C9H12Cl3NO4/c1-17-7(15)4-2-3-5(14)6(4)13-8(16)9(10,11)12/h4-6,14H,2-3H2,1H3,(H,13,16)/t4-,5-,6+/m0/s1. The van der Waals surface area contributed by atoms with Crippen molar-refractivity contribution in [2.45, 2.75) is 28.8 Å². The Labute approximate surface area is 113 Å². The number of carbonyl (C=O) groups excluding carboxylic acids is 2. The molecule has 0 spiro atoms. The van der Waals surface area contributed by atoms with Crippen LogP contribution in [0.4, 0.5) is 0 Å². The lowest BCUT2D eigenvalue weighted by molar-refractivity contribution is -0.146. The smallest absolute Gasteiger partial charge is 0.310 e. The highest BCUT2D eigenvalue weighted by Crippen LogP contribution is 2.30. The maximum absolute atomic E-state index is 11.5. The van der Waals surface area contributed by atoms with Crippen LogP contribution in [0.15, 0.2) is 0 Å². The predicted molar refractivity (Wildman–Crippen MR) is 63.0 cm³/mol. The summed E-state index contributed by atoms with van der Waals surface area (Å²) in [5.41, 5.74) is 0. The maximum Gasteiger partial charge on any atom is 0.310 e.